The number of anilines is 1. The number of Topliss-reactive ketones (excluding diaryl/α,β-unsaturated/α-hetero) is 1. The van der Waals surface area contributed by atoms with Gasteiger partial charge in [0.05, 0.1) is 18.2 Å². The summed E-state index contributed by atoms with van der Waals surface area (Å²) in [5, 5.41) is 21.3. The molecule has 1 aromatic heterocycles. The number of hydrogen-bond acceptors (Lipinski definition) is 11. The maximum absolute atomic E-state index is 13.9. The topological polar surface area (TPSA) is 120 Å². The van der Waals surface area contributed by atoms with Gasteiger partial charge in [0.15, 0.2) is 27.3 Å². The Bertz CT molecular complexity index is 2070. The van der Waals surface area contributed by atoms with Crippen LogP contribution in [-0.4, -0.2) is 46.8 Å². The zero-order valence-corrected chi connectivity index (χ0v) is 29.1. The first kappa shape index (κ1) is 33.5. The number of ketones is 1. The molecule has 10 nitrogen and oxygen atoms in total. The monoisotopic (exact) mass is 727 g/mol. The Morgan fingerprint density at radius 1 is 0.920 bits per heavy atom. The lowest BCUT2D eigenvalue weighted by molar-refractivity contribution is -0.132. The van der Waals surface area contributed by atoms with Gasteiger partial charge in [-0.25, -0.2) is 0 Å². The number of benzene rings is 4. The van der Waals surface area contributed by atoms with E-state index in [-0.39, 0.29) is 16.5 Å². The Kier molecular flexibility index (Phi) is 9.92. The lowest BCUT2D eigenvalue weighted by atomic mass is 9.95. The van der Waals surface area contributed by atoms with E-state index in [4.69, 9.17) is 30.5 Å². The molecular formula is C37H30ClN3O7S2. The largest absolute Gasteiger partial charge is 0.507 e. The van der Waals surface area contributed by atoms with Gasteiger partial charge in [-0.05, 0) is 66.1 Å². The summed E-state index contributed by atoms with van der Waals surface area (Å²) in [6, 6.07) is 26.2. The highest BCUT2D eigenvalue weighted by atomic mass is 35.5. The van der Waals surface area contributed by atoms with Crippen molar-refractivity contribution in [3.8, 4) is 23.0 Å². The molecule has 3 heterocycles. The van der Waals surface area contributed by atoms with Gasteiger partial charge in [-0.15, -0.1) is 10.2 Å². The van der Waals surface area contributed by atoms with Crippen molar-refractivity contribution in [1.29, 1.82) is 0 Å². The van der Waals surface area contributed by atoms with Crippen molar-refractivity contribution < 1.29 is 33.6 Å². The molecule has 2 aliphatic rings. The van der Waals surface area contributed by atoms with E-state index >= 15 is 0 Å². The fourth-order valence-corrected chi connectivity index (χ4v) is 7.54. The molecule has 50 heavy (non-hydrogen) atoms. The molecule has 254 valence electrons. The van der Waals surface area contributed by atoms with Gasteiger partial charge in [0.2, 0.25) is 5.13 Å². The quantitative estimate of drug-likeness (QED) is 0.0473. The summed E-state index contributed by atoms with van der Waals surface area (Å²) in [5.41, 5.74) is 2.70. The van der Waals surface area contributed by atoms with Gasteiger partial charge in [-0.2, -0.15) is 0 Å². The third-order valence-electron chi connectivity index (χ3n) is 7.96. The zero-order chi connectivity index (χ0) is 34.6. The second-order valence-electron chi connectivity index (χ2n) is 11.2. The maximum atomic E-state index is 13.9. The normalized spacial score (nSPS) is 16.4. The van der Waals surface area contributed by atoms with E-state index in [9.17, 15) is 14.7 Å². The molecule has 0 saturated carbocycles. The van der Waals surface area contributed by atoms with Crippen LogP contribution in [0.15, 0.2) is 101 Å². The third kappa shape index (κ3) is 7.00. The predicted octanol–water partition coefficient (Wildman–Crippen LogP) is 7.86. The molecule has 4 aromatic carbocycles. The molecule has 0 radical (unpaired) electrons. The number of rotatable bonds is 11. The van der Waals surface area contributed by atoms with E-state index < -0.39 is 17.7 Å². The fraction of sp³-hybridized carbons (Fsp3) is 0.189. The molecule has 0 aliphatic carbocycles. The number of fused-ring (bicyclic) bond motifs is 1. The summed E-state index contributed by atoms with van der Waals surface area (Å²) >= 11 is 8.66. The van der Waals surface area contributed by atoms with Gasteiger partial charge in [0.1, 0.15) is 25.6 Å². The Balaban J connectivity index is 1.28. The van der Waals surface area contributed by atoms with E-state index in [2.05, 4.69) is 10.2 Å². The molecule has 0 spiro atoms. The Labute approximate surface area is 301 Å². The minimum absolute atomic E-state index is 0.113. The van der Waals surface area contributed by atoms with E-state index in [1.54, 1.807) is 36.4 Å². The first-order valence-electron chi connectivity index (χ1n) is 15.7. The van der Waals surface area contributed by atoms with Crippen molar-refractivity contribution in [2.75, 3.05) is 24.7 Å². The predicted molar refractivity (Wildman–Crippen MR) is 192 cm³/mol. The number of nitrogens with zero attached hydrogens (tertiary/aromatic N) is 3. The van der Waals surface area contributed by atoms with Crippen LogP contribution in [0.1, 0.15) is 35.2 Å². The fourth-order valence-electron chi connectivity index (χ4n) is 5.59. The number of carbonyl (C=O) groups is 2. The van der Waals surface area contributed by atoms with Crippen LogP contribution in [0.2, 0.25) is 5.02 Å². The molecule has 2 aliphatic heterocycles. The molecule has 1 amide bonds. The van der Waals surface area contributed by atoms with E-state index in [0.717, 1.165) is 11.1 Å². The highest BCUT2D eigenvalue weighted by Crippen LogP contribution is 2.46. The number of ether oxygens (including phenoxy) is 4. The zero-order valence-electron chi connectivity index (χ0n) is 26.7. The Morgan fingerprint density at radius 2 is 1.70 bits per heavy atom. The van der Waals surface area contributed by atoms with Crippen molar-refractivity contribution in [3.63, 3.8) is 0 Å². The summed E-state index contributed by atoms with van der Waals surface area (Å²) in [4.78, 5) is 29.0. The number of aliphatic hydroxyl groups is 1. The van der Waals surface area contributed by atoms with E-state index in [1.165, 1.54) is 28.0 Å². The molecule has 0 bridgehead atoms. The average Bonchev–Trinajstić information content (AvgIpc) is 3.72. The van der Waals surface area contributed by atoms with Crippen molar-refractivity contribution in [2.24, 2.45) is 0 Å². The first-order chi connectivity index (χ1) is 24.4. The lowest BCUT2D eigenvalue weighted by Crippen LogP contribution is -2.29. The van der Waals surface area contributed by atoms with Gasteiger partial charge in [0.25, 0.3) is 5.78 Å². The molecule has 1 N–H and O–H groups in total. The van der Waals surface area contributed by atoms with Gasteiger partial charge in [0, 0.05) is 16.3 Å². The van der Waals surface area contributed by atoms with Gasteiger partial charge >= 0.3 is 5.91 Å². The molecule has 1 fully saturated rings. The minimum atomic E-state index is -1.06. The first-order valence-corrected chi connectivity index (χ1v) is 17.9. The van der Waals surface area contributed by atoms with Crippen LogP contribution in [0.4, 0.5) is 5.13 Å². The van der Waals surface area contributed by atoms with Crippen LogP contribution in [0.5, 0.6) is 23.0 Å². The van der Waals surface area contributed by atoms with Gasteiger partial charge in [-0.1, -0.05) is 83.2 Å². The third-order valence-corrected chi connectivity index (χ3v) is 10.3. The molecule has 1 atom stereocenters. The van der Waals surface area contributed by atoms with Gasteiger partial charge < -0.3 is 24.1 Å². The van der Waals surface area contributed by atoms with Crippen LogP contribution in [0, 0.1) is 0 Å². The molecule has 7 rings (SSSR count). The summed E-state index contributed by atoms with van der Waals surface area (Å²) in [6.45, 7) is 3.25. The Morgan fingerprint density at radius 3 is 2.48 bits per heavy atom. The smallest absolute Gasteiger partial charge is 0.301 e. The molecule has 5 aromatic rings. The van der Waals surface area contributed by atoms with Crippen molar-refractivity contribution in [1.82, 2.24) is 10.2 Å². The van der Waals surface area contributed by atoms with Crippen LogP contribution >= 0.6 is 34.7 Å². The number of aliphatic hydroxyl groups excluding tert-OH is 1. The van der Waals surface area contributed by atoms with Crippen LogP contribution in [-0.2, 0) is 21.9 Å². The second-order valence-corrected chi connectivity index (χ2v) is 13.8. The van der Waals surface area contributed by atoms with Crippen molar-refractivity contribution in [2.45, 2.75) is 29.7 Å². The summed E-state index contributed by atoms with van der Waals surface area (Å²) in [5.74, 6) is 0.378. The van der Waals surface area contributed by atoms with Gasteiger partial charge in [-0.3, -0.25) is 14.5 Å². The second kappa shape index (κ2) is 14.8. The lowest BCUT2D eigenvalue weighted by Gasteiger charge is -2.24. The van der Waals surface area contributed by atoms with Crippen LogP contribution in [0.3, 0.4) is 0 Å². The molecular weight excluding hydrogens is 698 g/mol. The molecule has 13 heteroatoms. The summed E-state index contributed by atoms with van der Waals surface area (Å²) in [6.07, 6.45) is 0. The average molecular weight is 728 g/mol. The summed E-state index contributed by atoms with van der Waals surface area (Å²) in [7, 11) is 0. The van der Waals surface area contributed by atoms with E-state index in [1.807, 2.05) is 61.5 Å². The molecule has 0 unspecified atom stereocenters. The van der Waals surface area contributed by atoms with Crippen LogP contribution in [0.25, 0.3) is 5.76 Å². The number of thioether (sulfide) groups is 1. The SMILES string of the molecule is CCOc1cc([C@@H]2C(=C(O)c3ccc4c(c3)OCCO4)C(=O)C(=O)N2c2nnc(SCc3ccc(Cl)cc3)s2)ccc1OCc1ccccc1. The number of amides is 1. The standard InChI is InChI=1S/C37H30ClN3O7S2/c1-2-45-29-18-24(10-14-28(29)48-20-22-6-4-3-5-7-22)32-31(33(42)25-11-15-27-30(19-25)47-17-16-46-27)34(43)35(44)41(32)36-39-40-37(50-36)49-21-23-8-12-26(38)13-9-23/h3-15,18-19,32,42H,2,16-17,20-21H2,1H3/t32-/m1/s1. The maximum Gasteiger partial charge on any atom is 0.301 e. The number of halogens is 1. The molecule has 1 saturated heterocycles. The minimum Gasteiger partial charge on any atom is -0.507 e. The van der Waals surface area contributed by atoms with E-state index in [0.29, 0.717) is 75.7 Å². The summed E-state index contributed by atoms with van der Waals surface area (Å²) < 4.78 is 24.1. The highest BCUT2D eigenvalue weighted by molar-refractivity contribution is 8.00. The van der Waals surface area contributed by atoms with Crippen LogP contribution < -0.4 is 23.8 Å². The van der Waals surface area contributed by atoms with Crippen molar-refractivity contribution >= 4 is 57.3 Å². The Hall–Kier alpha value is -5.04. The number of hydrogen-bond donors (Lipinski definition) is 1. The van der Waals surface area contributed by atoms with Crippen molar-refractivity contribution in [3.05, 3.63) is 124 Å². The number of carbonyl (C=O) groups excluding carboxylic acids is 2. The highest BCUT2D eigenvalue weighted by Gasteiger charge is 2.48. The number of aromatic nitrogens is 2.